The zero-order chi connectivity index (χ0) is 9.19. The van der Waals surface area contributed by atoms with Crippen LogP contribution in [0.25, 0.3) is 0 Å². The lowest BCUT2D eigenvalue weighted by Gasteiger charge is -2.11. The average Bonchev–Trinajstić information content (AvgIpc) is 2.81. The van der Waals surface area contributed by atoms with E-state index in [9.17, 15) is 13.6 Å². The molecule has 1 fully saturated rings. The number of amides is 1. The first-order valence-electron chi connectivity index (χ1n) is 3.76. The minimum Gasteiger partial charge on any atom is -0.396 e. The van der Waals surface area contributed by atoms with E-state index in [-0.39, 0.29) is 18.6 Å². The number of carbonyl (C=O) groups excluding carboxylic acids is 1. The molecule has 1 aliphatic rings. The fraction of sp³-hybridized carbons (Fsp3) is 0.857. The molecule has 0 radical (unpaired) electrons. The predicted molar refractivity (Wildman–Crippen MR) is 37.8 cm³/mol. The van der Waals surface area contributed by atoms with Gasteiger partial charge in [0.1, 0.15) is 0 Å². The highest BCUT2D eigenvalue weighted by molar-refractivity contribution is 5.79. The standard InChI is InChI=1S/C7H11F2NO2/c8-5(9)6(12)10-3-7(4-11)1-2-7/h5,11H,1-4H2,(H,10,12). The van der Waals surface area contributed by atoms with E-state index in [2.05, 4.69) is 5.32 Å². The van der Waals surface area contributed by atoms with E-state index in [1.165, 1.54) is 0 Å². The third-order valence-corrected chi connectivity index (χ3v) is 2.13. The maximum Gasteiger partial charge on any atom is 0.315 e. The second kappa shape index (κ2) is 3.35. The molecule has 70 valence electrons. The number of hydrogen-bond acceptors (Lipinski definition) is 2. The topological polar surface area (TPSA) is 49.3 Å². The maximum atomic E-state index is 11.7. The number of aliphatic hydroxyl groups is 1. The number of alkyl halides is 2. The summed E-state index contributed by atoms with van der Waals surface area (Å²) in [5, 5.41) is 10.9. The molecule has 0 unspecified atom stereocenters. The van der Waals surface area contributed by atoms with Crippen molar-refractivity contribution in [2.45, 2.75) is 19.3 Å². The molecule has 5 heteroatoms. The molecule has 0 bridgehead atoms. The molecular weight excluding hydrogens is 168 g/mol. The molecule has 0 aromatic rings. The van der Waals surface area contributed by atoms with E-state index < -0.39 is 12.3 Å². The Hall–Kier alpha value is -0.710. The first kappa shape index (κ1) is 9.38. The van der Waals surface area contributed by atoms with E-state index in [1.54, 1.807) is 0 Å². The zero-order valence-electron chi connectivity index (χ0n) is 6.52. The third-order valence-electron chi connectivity index (χ3n) is 2.13. The Morgan fingerprint density at radius 2 is 2.17 bits per heavy atom. The molecule has 0 aromatic heterocycles. The van der Waals surface area contributed by atoms with Crippen LogP contribution in [0.5, 0.6) is 0 Å². The van der Waals surface area contributed by atoms with Crippen LogP contribution in [-0.4, -0.2) is 30.6 Å². The van der Waals surface area contributed by atoms with Gasteiger partial charge in [-0.25, -0.2) is 0 Å². The normalized spacial score (nSPS) is 19.3. The smallest absolute Gasteiger partial charge is 0.315 e. The molecule has 1 aliphatic carbocycles. The summed E-state index contributed by atoms with van der Waals surface area (Å²) in [6, 6.07) is 0. The molecule has 0 aliphatic heterocycles. The Bertz CT molecular complexity index is 180. The summed E-state index contributed by atoms with van der Waals surface area (Å²) in [6.45, 7) is 0.114. The Morgan fingerprint density at radius 3 is 2.50 bits per heavy atom. The van der Waals surface area contributed by atoms with Crippen LogP contribution in [0.15, 0.2) is 0 Å². The van der Waals surface area contributed by atoms with Crippen LogP contribution in [0.4, 0.5) is 8.78 Å². The highest BCUT2D eigenvalue weighted by atomic mass is 19.3. The van der Waals surface area contributed by atoms with Gasteiger partial charge in [-0.3, -0.25) is 4.79 Å². The molecule has 12 heavy (non-hydrogen) atoms. The van der Waals surface area contributed by atoms with Crippen LogP contribution in [0.1, 0.15) is 12.8 Å². The molecule has 3 nitrogen and oxygen atoms in total. The number of halogens is 2. The maximum absolute atomic E-state index is 11.7. The van der Waals surface area contributed by atoms with Gasteiger partial charge in [-0.2, -0.15) is 8.78 Å². The number of carbonyl (C=O) groups is 1. The lowest BCUT2D eigenvalue weighted by Crippen LogP contribution is -2.35. The van der Waals surface area contributed by atoms with Crippen molar-refractivity contribution in [2.75, 3.05) is 13.2 Å². The van der Waals surface area contributed by atoms with Gasteiger partial charge < -0.3 is 10.4 Å². The molecule has 0 aromatic carbocycles. The molecule has 2 N–H and O–H groups in total. The molecule has 0 saturated heterocycles. The van der Waals surface area contributed by atoms with Crippen molar-refractivity contribution in [3.63, 3.8) is 0 Å². The third kappa shape index (κ3) is 2.14. The first-order valence-corrected chi connectivity index (χ1v) is 3.76. The monoisotopic (exact) mass is 179 g/mol. The molecule has 0 spiro atoms. The van der Waals surface area contributed by atoms with E-state index in [1.807, 2.05) is 0 Å². The van der Waals surface area contributed by atoms with Gasteiger partial charge in [0, 0.05) is 12.0 Å². The predicted octanol–water partition coefficient (Wildman–Crippen LogP) is 0.140. The van der Waals surface area contributed by atoms with Crippen molar-refractivity contribution in [1.29, 1.82) is 0 Å². The average molecular weight is 179 g/mol. The molecule has 1 amide bonds. The fourth-order valence-corrected chi connectivity index (χ4v) is 0.919. The number of hydrogen-bond donors (Lipinski definition) is 2. The minimum absolute atomic E-state index is 0.0451. The minimum atomic E-state index is -2.96. The Labute approximate surface area is 68.8 Å². The summed E-state index contributed by atoms with van der Waals surface area (Å²) < 4.78 is 23.3. The van der Waals surface area contributed by atoms with Crippen LogP contribution in [0, 0.1) is 5.41 Å². The van der Waals surface area contributed by atoms with Crippen molar-refractivity contribution in [2.24, 2.45) is 5.41 Å². The second-order valence-corrected chi connectivity index (χ2v) is 3.18. The van der Waals surface area contributed by atoms with Crippen LogP contribution in [0.2, 0.25) is 0 Å². The molecule has 0 heterocycles. The molecule has 1 rings (SSSR count). The van der Waals surface area contributed by atoms with Gasteiger partial charge in [-0.1, -0.05) is 0 Å². The number of nitrogens with one attached hydrogen (secondary N) is 1. The van der Waals surface area contributed by atoms with Gasteiger partial charge in [0.2, 0.25) is 0 Å². The Kier molecular flexibility index (Phi) is 2.62. The van der Waals surface area contributed by atoms with Crippen LogP contribution in [0.3, 0.4) is 0 Å². The summed E-state index contributed by atoms with van der Waals surface area (Å²) in [5.74, 6) is -1.25. The van der Waals surface area contributed by atoms with E-state index in [0.717, 1.165) is 12.8 Å². The summed E-state index contributed by atoms with van der Waals surface area (Å²) in [7, 11) is 0. The Balaban J connectivity index is 2.21. The van der Waals surface area contributed by atoms with Gasteiger partial charge >= 0.3 is 6.43 Å². The summed E-state index contributed by atoms with van der Waals surface area (Å²) >= 11 is 0. The molecule has 0 atom stereocenters. The summed E-state index contributed by atoms with van der Waals surface area (Å²) in [4.78, 5) is 10.4. The van der Waals surface area contributed by atoms with Crippen molar-refractivity contribution in [3.8, 4) is 0 Å². The lowest BCUT2D eigenvalue weighted by atomic mass is 10.1. The fourth-order valence-electron chi connectivity index (χ4n) is 0.919. The van der Waals surface area contributed by atoms with Crippen LogP contribution in [-0.2, 0) is 4.79 Å². The number of rotatable bonds is 4. The molecular formula is C7H11F2NO2. The lowest BCUT2D eigenvalue weighted by molar-refractivity contribution is -0.132. The van der Waals surface area contributed by atoms with Gasteiger partial charge in [-0.15, -0.1) is 0 Å². The zero-order valence-corrected chi connectivity index (χ0v) is 6.52. The van der Waals surface area contributed by atoms with Crippen LogP contribution < -0.4 is 5.32 Å². The van der Waals surface area contributed by atoms with Gasteiger partial charge in [-0.05, 0) is 12.8 Å². The molecule has 1 saturated carbocycles. The highest BCUT2D eigenvalue weighted by Crippen LogP contribution is 2.44. The highest BCUT2D eigenvalue weighted by Gasteiger charge is 2.42. The van der Waals surface area contributed by atoms with Crippen molar-refractivity contribution >= 4 is 5.91 Å². The number of aliphatic hydroxyl groups excluding tert-OH is 1. The summed E-state index contributed by atoms with van der Waals surface area (Å²) in [6.07, 6.45) is -1.36. The van der Waals surface area contributed by atoms with E-state index in [0.29, 0.717) is 0 Å². The van der Waals surface area contributed by atoms with E-state index >= 15 is 0 Å². The summed E-state index contributed by atoms with van der Waals surface area (Å²) in [5.41, 5.74) is -0.301. The first-order chi connectivity index (χ1) is 5.59. The van der Waals surface area contributed by atoms with Crippen molar-refractivity contribution in [3.05, 3.63) is 0 Å². The second-order valence-electron chi connectivity index (χ2n) is 3.18. The quantitative estimate of drug-likeness (QED) is 0.645. The SMILES string of the molecule is O=C(NCC1(CO)CC1)C(F)F. The largest absolute Gasteiger partial charge is 0.396 e. The van der Waals surface area contributed by atoms with Crippen LogP contribution >= 0.6 is 0 Å². The Morgan fingerprint density at radius 1 is 1.58 bits per heavy atom. The van der Waals surface area contributed by atoms with E-state index in [4.69, 9.17) is 5.11 Å². The van der Waals surface area contributed by atoms with Gasteiger partial charge in [0.25, 0.3) is 5.91 Å². The van der Waals surface area contributed by atoms with Gasteiger partial charge in [0.15, 0.2) is 0 Å². The van der Waals surface area contributed by atoms with Gasteiger partial charge in [0.05, 0.1) is 6.61 Å². The van der Waals surface area contributed by atoms with Crippen molar-refractivity contribution in [1.82, 2.24) is 5.32 Å². The van der Waals surface area contributed by atoms with Crippen molar-refractivity contribution < 1.29 is 18.7 Å².